The van der Waals surface area contributed by atoms with Gasteiger partial charge < -0.3 is 25.2 Å². The molecule has 5 nitrogen and oxygen atoms in total. The fourth-order valence-corrected chi connectivity index (χ4v) is 1.03. The van der Waals surface area contributed by atoms with E-state index in [4.69, 9.17) is 20.1 Å². The van der Waals surface area contributed by atoms with Crippen molar-refractivity contribution in [2.24, 2.45) is 0 Å². The Hall–Kier alpha value is -0.200. The van der Waals surface area contributed by atoms with Gasteiger partial charge in [0.25, 0.3) is 0 Å². The van der Waals surface area contributed by atoms with Crippen molar-refractivity contribution in [1.82, 2.24) is 0 Å². The Kier molecular flexibility index (Phi) is 5.54. The molecule has 0 heterocycles. The van der Waals surface area contributed by atoms with Crippen LogP contribution < -0.4 is 0 Å². The first-order valence-corrected chi connectivity index (χ1v) is 4.76. The minimum absolute atomic E-state index is 0.186. The van der Waals surface area contributed by atoms with Crippen LogP contribution in [0.15, 0.2) is 0 Å². The van der Waals surface area contributed by atoms with E-state index in [2.05, 4.69) is 0 Å². The summed E-state index contributed by atoms with van der Waals surface area (Å²) in [6, 6.07) is 0. The lowest BCUT2D eigenvalue weighted by atomic mass is 10.0. The molecule has 0 bridgehead atoms. The molecule has 4 N–H and O–H groups in total. The number of hydrogen-bond acceptors (Lipinski definition) is 5. The van der Waals surface area contributed by atoms with E-state index in [0.717, 1.165) is 0 Å². The van der Waals surface area contributed by atoms with Gasteiger partial charge in [-0.3, -0.25) is 0 Å². The first-order chi connectivity index (χ1) is 6.51. The molecule has 14 heavy (non-hydrogen) atoms. The van der Waals surface area contributed by atoms with E-state index in [1.165, 1.54) is 0 Å². The average molecular weight is 208 g/mol. The lowest BCUT2D eigenvalue weighted by Gasteiger charge is -2.37. The first kappa shape index (κ1) is 13.8. The van der Waals surface area contributed by atoms with Gasteiger partial charge in [-0.05, 0) is 6.42 Å². The molecule has 86 valence electrons. The highest BCUT2D eigenvalue weighted by Crippen LogP contribution is 2.24. The predicted molar refractivity (Wildman–Crippen MR) is 50.6 cm³/mol. The topological polar surface area (TPSA) is 90.2 Å². The highest BCUT2D eigenvalue weighted by molar-refractivity contribution is 4.81. The molecule has 5 heteroatoms. The van der Waals surface area contributed by atoms with E-state index >= 15 is 0 Å². The maximum Gasteiger partial charge on any atom is 0.189 e. The van der Waals surface area contributed by atoms with Crippen molar-refractivity contribution >= 4 is 0 Å². The zero-order valence-corrected chi connectivity index (χ0v) is 8.73. The van der Waals surface area contributed by atoms with Crippen LogP contribution in [-0.2, 0) is 4.74 Å². The van der Waals surface area contributed by atoms with Gasteiger partial charge in [0.15, 0.2) is 5.79 Å². The standard InChI is InChI=1S/C9H20O5/c1-3-8(5-10,6-11)14-9(13,4-2)7-12/h10-13H,3-7H2,1-2H3. The SMILES string of the molecule is CCC(O)(CO)OC(CC)(CO)CO. The number of rotatable bonds is 7. The molecule has 0 saturated heterocycles. The summed E-state index contributed by atoms with van der Waals surface area (Å²) in [7, 11) is 0. The highest BCUT2D eigenvalue weighted by atomic mass is 16.7. The molecule has 0 saturated carbocycles. The number of ether oxygens (including phenoxy) is 1. The van der Waals surface area contributed by atoms with Gasteiger partial charge in [-0.2, -0.15) is 0 Å². The summed E-state index contributed by atoms with van der Waals surface area (Å²) in [6.45, 7) is 2.00. The van der Waals surface area contributed by atoms with Crippen molar-refractivity contribution in [2.75, 3.05) is 19.8 Å². The van der Waals surface area contributed by atoms with Crippen LogP contribution in [0.25, 0.3) is 0 Å². The van der Waals surface area contributed by atoms with Crippen molar-refractivity contribution in [3.05, 3.63) is 0 Å². The van der Waals surface area contributed by atoms with E-state index in [0.29, 0.717) is 6.42 Å². The molecule has 0 aromatic carbocycles. The molecule has 1 unspecified atom stereocenters. The summed E-state index contributed by atoms with van der Waals surface area (Å²) in [5.41, 5.74) is -1.19. The van der Waals surface area contributed by atoms with E-state index in [-0.39, 0.29) is 6.42 Å². The molecule has 0 radical (unpaired) electrons. The molecule has 0 aliphatic carbocycles. The fraction of sp³-hybridized carbons (Fsp3) is 1.00. The number of hydrogen-bond donors (Lipinski definition) is 4. The van der Waals surface area contributed by atoms with Gasteiger partial charge in [-0.1, -0.05) is 13.8 Å². The molecule has 0 aromatic rings. The smallest absolute Gasteiger partial charge is 0.189 e. The summed E-state index contributed by atoms with van der Waals surface area (Å²) >= 11 is 0. The summed E-state index contributed by atoms with van der Waals surface area (Å²) < 4.78 is 5.18. The van der Waals surface area contributed by atoms with E-state index in [9.17, 15) is 5.11 Å². The second-order valence-electron chi connectivity index (χ2n) is 3.41. The Morgan fingerprint density at radius 3 is 1.64 bits per heavy atom. The first-order valence-electron chi connectivity index (χ1n) is 4.76. The molecular formula is C9H20O5. The molecule has 0 aliphatic rings. The van der Waals surface area contributed by atoms with Crippen LogP contribution in [0, 0.1) is 0 Å². The molecule has 0 rings (SSSR count). The fourth-order valence-electron chi connectivity index (χ4n) is 1.03. The van der Waals surface area contributed by atoms with E-state index in [1.54, 1.807) is 13.8 Å². The van der Waals surface area contributed by atoms with Crippen LogP contribution in [0.5, 0.6) is 0 Å². The molecule has 0 aliphatic heterocycles. The monoisotopic (exact) mass is 208 g/mol. The third kappa shape index (κ3) is 3.18. The van der Waals surface area contributed by atoms with Gasteiger partial charge in [-0.25, -0.2) is 0 Å². The normalized spacial score (nSPS) is 16.7. The second kappa shape index (κ2) is 5.63. The Balaban J connectivity index is 4.56. The lowest BCUT2D eigenvalue weighted by molar-refractivity contribution is -0.296. The number of aliphatic hydroxyl groups is 4. The van der Waals surface area contributed by atoms with Crippen molar-refractivity contribution in [1.29, 1.82) is 0 Å². The van der Waals surface area contributed by atoms with Crippen molar-refractivity contribution < 1.29 is 25.2 Å². The number of aliphatic hydroxyl groups excluding tert-OH is 3. The van der Waals surface area contributed by atoms with Gasteiger partial charge in [0, 0.05) is 6.42 Å². The van der Waals surface area contributed by atoms with Gasteiger partial charge in [-0.15, -0.1) is 0 Å². The van der Waals surface area contributed by atoms with Crippen molar-refractivity contribution in [3.63, 3.8) is 0 Å². The quantitative estimate of drug-likeness (QED) is 0.412. The Morgan fingerprint density at radius 1 is 0.929 bits per heavy atom. The van der Waals surface area contributed by atoms with E-state index in [1.807, 2.05) is 0 Å². The molecule has 0 spiro atoms. The van der Waals surface area contributed by atoms with Crippen molar-refractivity contribution in [3.8, 4) is 0 Å². The van der Waals surface area contributed by atoms with Crippen LogP contribution in [0.1, 0.15) is 26.7 Å². The van der Waals surface area contributed by atoms with Gasteiger partial charge in [0.1, 0.15) is 5.60 Å². The third-order valence-electron chi connectivity index (χ3n) is 2.43. The third-order valence-corrected chi connectivity index (χ3v) is 2.43. The molecule has 0 aromatic heterocycles. The van der Waals surface area contributed by atoms with Crippen LogP contribution >= 0.6 is 0 Å². The molecular weight excluding hydrogens is 188 g/mol. The average Bonchev–Trinajstić information content (AvgIpc) is 2.26. The molecule has 0 fully saturated rings. The van der Waals surface area contributed by atoms with Crippen LogP contribution in [-0.4, -0.2) is 51.6 Å². The van der Waals surface area contributed by atoms with Gasteiger partial charge >= 0.3 is 0 Å². The predicted octanol–water partition coefficient (Wildman–Crippen LogP) is -0.773. The largest absolute Gasteiger partial charge is 0.393 e. The highest BCUT2D eigenvalue weighted by Gasteiger charge is 2.37. The Bertz CT molecular complexity index is 143. The Morgan fingerprint density at radius 2 is 1.43 bits per heavy atom. The zero-order chi connectivity index (χ0) is 11.2. The zero-order valence-electron chi connectivity index (χ0n) is 8.73. The van der Waals surface area contributed by atoms with Gasteiger partial charge in [0.05, 0.1) is 19.8 Å². The summed E-state index contributed by atoms with van der Waals surface area (Å²) in [5, 5.41) is 36.7. The molecule has 0 amide bonds. The minimum Gasteiger partial charge on any atom is -0.393 e. The minimum atomic E-state index is -1.69. The van der Waals surface area contributed by atoms with Gasteiger partial charge in [0.2, 0.25) is 0 Å². The van der Waals surface area contributed by atoms with Crippen LogP contribution in [0.2, 0.25) is 0 Å². The summed E-state index contributed by atoms with van der Waals surface area (Å²) in [4.78, 5) is 0. The summed E-state index contributed by atoms with van der Waals surface area (Å²) in [6.07, 6.45) is 0.535. The maximum atomic E-state index is 9.66. The van der Waals surface area contributed by atoms with E-state index < -0.39 is 31.2 Å². The summed E-state index contributed by atoms with van der Waals surface area (Å²) in [5.74, 6) is -1.69. The van der Waals surface area contributed by atoms with Crippen LogP contribution in [0.3, 0.4) is 0 Å². The lowest BCUT2D eigenvalue weighted by Crippen LogP contribution is -2.50. The van der Waals surface area contributed by atoms with Crippen LogP contribution in [0.4, 0.5) is 0 Å². The Labute approximate surface area is 83.9 Å². The second-order valence-corrected chi connectivity index (χ2v) is 3.41. The molecule has 1 atom stereocenters. The maximum absolute atomic E-state index is 9.66. The van der Waals surface area contributed by atoms with Crippen molar-refractivity contribution in [2.45, 2.75) is 38.1 Å².